The molecule has 0 unspecified atom stereocenters. The summed E-state index contributed by atoms with van der Waals surface area (Å²) >= 11 is 5.68. The van der Waals surface area contributed by atoms with Crippen molar-refractivity contribution in [1.29, 1.82) is 0 Å². The van der Waals surface area contributed by atoms with Gasteiger partial charge in [0.05, 0.1) is 5.50 Å². The van der Waals surface area contributed by atoms with Gasteiger partial charge in [-0.2, -0.15) is 0 Å². The summed E-state index contributed by atoms with van der Waals surface area (Å²) in [6.45, 7) is 4.12. The number of alkyl halides is 1. The van der Waals surface area contributed by atoms with Crippen molar-refractivity contribution in [2.45, 2.75) is 13.1 Å². The van der Waals surface area contributed by atoms with Crippen molar-refractivity contribution < 1.29 is 13.0 Å². The van der Waals surface area contributed by atoms with Crippen LogP contribution in [0.15, 0.2) is 0 Å². The molecular weight excluding hydrogens is 200 g/mol. The van der Waals surface area contributed by atoms with Crippen molar-refractivity contribution in [3.05, 3.63) is 0 Å². The summed E-state index contributed by atoms with van der Waals surface area (Å²) in [7, 11) is -0.418. The van der Waals surface area contributed by atoms with E-state index in [1.807, 2.05) is 0 Å². The SMILES string of the molecule is CO[Si](CCl)(OC)O[SiH](C)C. The fourth-order valence-corrected chi connectivity index (χ4v) is 6.18. The van der Waals surface area contributed by atoms with Gasteiger partial charge in [-0.1, -0.05) is 0 Å². The summed E-state index contributed by atoms with van der Waals surface area (Å²) in [6, 6.07) is 0. The monoisotopic (exact) mass is 214 g/mol. The second kappa shape index (κ2) is 5.28. The van der Waals surface area contributed by atoms with Gasteiger partial charge in [0.25, 0.3) is 0 Å². The predicted molar refractivity (Wildman–Crippen MR) is 50.5 cm³/mol. The molecule has 0 spiro atoms. The van der Waals surface area contributed by atoms with E-state index in [-0.39, 0.29) is 0 Å². The van der Waals surface area contributed by atoms with Gasteiger partial charge in [0.1, 0.15) is 0 Å². The van der Waals surface area contributed by atoms with Gasteiger partial charge >= 0.3 is 8.80 Å². The first kappa shape index (κ1) is 11.6. The second-order valence-corrected chi connectivity index (χ2v) is 8.68. The third kappa shape index (κ3) is 3.68. The molecule has 0 heterocycles. The summed E-state index contributed by atoms with van der Waals surface area (Å²) < 4.78 is 15.9. The molecule has 0 rings (SSSR count). The first-order valence-electron chi connectivity index (χ1n) is 3.44. The highest BCUT2D eigenvalue weighted by atomic mass is 35.5. The Morgan fingerprint density at radius 3 is 1.82 bits per heavy atom. The van der Waals surface area contributed by atoms with Gasteiger partial charge in [-0.3, -0.25) is 0 Å². The van der Waals surface area contributed by atoms with Crippen LogP contribution < -0.4 is 0 Å². The van der Waals surface area contributed by atoms with E-state index in [1.165, 1.54) is 0 Å². The van der Waals surface area contributed by atoms with E-state index in [2.05, 4.69) is 13.1 Å². The van der Waals surface area contributed by atoms with Gasteiger partial charge < -0.3 is 13.0 Å². The molecular formula is C5H15ClO3Si2. The van der Waals surface area contributed by atoms with Crippen molar-refractivity contribution in [3.63, 3.8) is 0 Å². The molecule has 0 aliphatic carbocycles. The molecule has 0 amide bonds. The van der Waals surface area contributed by atoms with E-state index in [4.69, 9.17) is 24.6 Å². The van der Waals surface area contributed by atoms with Crippen molar-refractivity contribution >= 4 is 29.4 Å². The second-order valence-electron chi connectivity index (χ2n) is 2.39. The smallest absolute Gasteiger partial charge is 0.418 e. The van der Waals surface area contributed by atoms with Crippen molar-refractivity contribution in [1.82, 2.24) is 0 Å². The molecule has 3 nitrogen and oxygen atoms in total. The lowest BCUT2D eigenvalue weighted by Gasteiger charge is -2.26. The molecule has 0 fully saturated rings. The molecule has 6 heteroatoms. The lowest BCUT2D eigenvalue weighted by Crippen LogP contribution is -2.49. The summed E-state index contributed by atoms with van der Waals surface area (Å²) in [5.74, 6) is 0. The van der Waals surface area contributed by atoms with Crippen molar-refractivity contribution in [2.75, 3.05) is 19.7 Å². The highest BCUT2D eigenvalue weighted by molar-refractivity contribution is 6.75. The quantitative estimate of drug-likeness (QED) is 0.505. The Labute approximate surface area is 75.7 Å². The largest absolute Gasteiger partial charge is 0.505 e. The Morgan fingerprint density at radius 2 is 1.73 bits per heavy atom. The average molecular weight is 215 g/mol. The maximum atomic E-state index is 5.68. The molecule has 11 heavy (non-hydrogen) atoms. The molecule has 0 aliphatic heterocycles. The minimum Gasteiger partial charge on any atom is -0.418 e. The Hall–Kier alpha value is 0.604. The minimum atomic E-state index is -2.45. The fraction of sp³-hybridized carbons (Fsp3) is 1.00. The lowest BCUT2D eigenvalue weighted by molar-refractivity contribution is 0.168. The van der Waals surface area contributed by atoms with E-state index in [1.54, 1.807) is 14.2 Å². The molecule has 0 radical (unpaired) electrons. The molecule has 0 aromatic heterocycles. The number of hydrogen-bond acceptors (Lipinski definition) is 3. The number of hydrogen-bond donors (Lipinski definition) is 0. The molecule has 0 saturated carbocycles. The standard InChI is InChI=1S/C5H15ClO3Si2/c1-7-11(5-6,8-2)9-10(3)4/h10H,5H2,1-4H3. The first-order valence-corrected chi connectivity index (χ1v) is 8.69. The molecule has 0 atom stereocenters. The molecule has 0 aliphatic rings. The van der Waals surface area contributed by atoms with Gasteiger partial charge in [0, 0.05) is 14.2 Å². The van der Waals surface area contributed by atoms with Gasteiger partial charge in [-0.05, 0) is 13.1 Å². The first-order chi connectivity index (χ1) is 5.10. The van der Waals surface area contributed by atoms with Crippen LogP contribution in [0.3, 0.4) is 0 Å². The molecule has 0 bridgehead atoms. The maximum absolute atomic E-state index is 5.68. The summed E-state index contributed by atoms with van der Waals surface area (Å²) in [4.78, 5) is 0. The third-order valence-corrected chi connectivity index (χ3v) is 7.08. The van der Waals surface area contributed by atoms with E-state index < -0.39 is 17.8 Å². The predicted octanol–water partition coefficient (Wildman–Crippen LogP) is 0.996. The Morgan fingerprint density at radius 1 is 1.27 bits per heavy atom. The topological polar surface area (TPSA) is 27.7 Å². The van der Waals surface area contributed by atoms with Crippen LogP contribution >= 0.6 is 11.6 Å². The average Bonchev–Trinajstić information content (AvgIpc) is 2.00. The van der Waals surface area contributed by atoms with Crippen LogP contribution in [0.2, 0.25) is 13.1 Å². The van der Waals surface area contributed by atoms with E-state index >= 15 is 0 Å². The summed E-state index contributed by atoms with van der Waals surface area (Å²) in [6.07, 6.45) is 0. The highest BCUT2D eigenvalue weighted by Crippen LogP contribution is 2.10. The Balaban J connectivity index is 4.05. The van der Waals surface area contributed by atoms with Gasteiger partial charge in [0.15, 0.2) is 9.04 Å². The maximum Gasteiger partial charge on any atom is 0.505 e. The van der Waals surface area contributed by atoms with E-state index in [9.17, 15) is 0 Å². The van der Waals surface area contributed by atoms with Crippen LogP contribution in [0, 0.1) is 0 Å². The van der Waals surface area contributed by atoms with Crippen LogP contribution in [0.4, 0.5) is 0 Å². The molecule has 0 aromatic carbocycles. The number of halogens is 1. The molecule has 68 valence electrons. The Kier molecular flexibility index (Phi) is 5.57. The molecule has 0 N–H and O–H groups in total. The fourth-order valence-electron chi connectivity index (χ4n) is 0.679. The van der Waals surface area contributed by atoms with E-state index in [0.717, 1.165) is 0 Å². The number of rotatable bonds is 5. The van der Waals surface area contributed by atoms with Crippen LogP contribution in [0.25, 0.3) is 0 Å². The molecule has 0 aromatic rings. The Bertz CT molecular complexity index is 99.6. The zero-order valence-electron chi connectivity index (χ0n) is 7.39. The van der Waals surface area contributed by atoms with Gasteiger partial charge in [-0.15, -0.1) is 11.6 Å². The summed E-state index contributed by atoms with van der Waals surface area (Å²) in [5.41, 5.74) is 0.325. The highest BCUT2D eigenvalue weighted by Gasteiger charge is 2.38. The zero-order chi connectivity index (χ0) is 8.91. The van der Waals surface area contributed by atoms with Gasteiger partial charge in [0.2, 0.25) is 0 Å². The third-order valence-electron chi connectivity index (χ3n) is 1.20. The normalized spacial score (nSPS) is 12.5. The van der Waals surface area contributed by atoms with Crippen molar-refractivity contribution in [3.8, 4) is 0 Å². The van der Waals surface area contributed by atoms with Crippen LogP contribution in [-0.4, -0.2) is 37.6 Å². The van der Waals surface area contributed by atoms with Crippen LogP contribution in [0.1, 0.15) is 0 Å². The lowest BCUT2D eigenvalue weighted by atomic mass is 11.8. The van der Waals surface area contributed by atoms with Gasteiger partial charge in [-0.25, -0.2) is 0 Å². The summed E-state index contributed by atoms with van der Waals surface area (Å²) in [5, 5.41) is 0. The van der Waals surface area contributed by atoms with Crippen LogP contribution in [0.5, 0.6) is 0 Å². The minimum absolute atomic E-state index is 0.325. The zero-order valence-corrected chi connectivity index (χ0v) is 10.3. The molecule has 0 saturated heterocycles. The van der Waals surface area contributed by atoms with Crippen LogP contribution in [-0.2, 0) is 13.0 Å². The van der Waals surface area contributed by atoms with Crippen molar-refractivity contribution in [2.24, 2.45) is 0 Å². The van der Waals surface area contributed by atoms with E-state index in [0.29, 0.717) is 5.50 Å².